The molecule has 2 aromatic carbocycles. The summed E-state index contributed by atoms with van der Waals surface area (Å²) in [5, 5.41) is 21.3. The fourth-order valence-corrected chi connectivity index (χ4v) is 2.76. The summed E-state index contributed by atoms with van der Waals surface area (Å²) in [4.78, 5) is 51.7. The second kappa shape index (κ2) is 12.7. The van der Waals surface area contributed by atoms with Gasteiger partial charge in [-0.3, -0.25) is 9.59 Å². The van der Waals surface area contributed by atoms with Crippen LogP contribution in [0, 0.1) is 0 Å². The molecular weight excluding hydrogens is 430 g/mol. The van der Waals surface area contributed by atoms with E-state index in [4.69, 9.17) is 10.5 Å². The minimum Gasteiger partial charge on any atom is -0.504 e. The lowest BCUT2D eigenvalue weighted by molar-refractivity contribution is -0.141. The summed E-state index contributed by atoms with van der Waals surface area (Å²) in [6.45, 7) is 0.196. The molecule has 0 fully saturated rings. The Bertz CT molecular complexity index is 1070. The number of amides is 2. The number of aliphatic imine (C=N–C) groups is 1. The van der Waals surface area contributed by atoms with Gasteiger partial charge < -0.3 is 26.0 Å². The highest BCUT2D eigenvalue weighted by molar-refractivity contribution is 6.40. The summed E-state index contributed by atoms with van der Waals surface area (Å²) in [5.41, 5.74) is 5.79. The SMILES string of the molecule is NCCCC(=NC(=O)OCc1ccccc1)C(=O)N[C@@H](Cc1ccc(O)c(=O)cc1)C(=O)O. The Morgan fingerprint density at radius 1 is 1.03 bits per heavy atom. The van der Waals surface area contributed by atoms with Crippen molar-refractivity contribution in [2.45, 2.75) is 31.9 Å². The number of aromatic hydroxyl groups is 1. The molecule has 0 radical (unpaired) electrons. The van der Waals surface area contributed by atoms with Crippen LogP contribution in [0.5, 0.6) is 5.75 Å². The van der Waals surface area contributed by atoms with E-state index in [0.717, 1.165) is 17.7 Å². The van der Waals surface area contributed by atoms with Gasteiger partial charge in [-0.1, -0.05) is 42.5 Å². The number of hydrogen-bond donors (Lipinski definition) is 4. The van der Waals surface area contributed by atoms with E-state index in [1.807, 2.05) is 6.07 Å². The van der Waals surface area contributed by atoms with E-state index in [-0.39, 0.29) is 31.7 Å². The molecule has 2 aromatic rings. The number of carbonyl (C=O) groups excluding carboxylic acids is 2. The predicted octanol–water partition coefficient (Wildman–Crippen LogP) is 1.38. The first-order valence-electron chi connectivity index (χ1n) is 10.1. The molecule has 0 saturated carbocycles. The topological polar surface area (TPSA) is 168 Å². The summed E-state index contributed by atoms with van der Waals surface area (Å²) in [5.74, 6) is -2.66. The van der Waals surface area contributed by atoms with Crippen LogP contribution < -0.4 is 16.5 Å². The minimum atomic E-state index is -1.37. The molecule has 2 amide bonds. The maximum Gasteiger partial charge on any atom is 0.434 e. The number of carbonyl (C=O) groups is 3. The average Bonchev–Trinajstić information content (AvgIpc) is 2.96. The molecule has 0 aromatic heterocycles. The number of aliphatic carboxylic acids is 1. The van der Waals surface area contributed by atoms with Crippen LogP contribution in [0.1, 0.15) is 24.0 Å². The molecule has 33 heavy (non-hydrogen) atoms. The van der Waals surface area contributed by atoms with Gasteiger partial charge >= 0.3 is 12.1 Å². The van der Waals surface area contributed by atoms with Crippen LogP contribution in [0.2, 0.25) is 0 Å². The molecule has 0 saturated heterocycles. The van der Waals surface area contributed by atoms with Crippen LogP contribution in [0.15, 0.2) is 64.4 Å². The van der Waals surface area contributed by atoms with E-state index in [0.29, 0.717) is 12.0 Å². The van der Waals surface area contributed by atoms with Gasteiger partial charge in [0.25, 0.3) is 5.91 Å². The van der Waals surface area contributed by atoms with Gasteiger partial charge in [0.15, 0.2) is 5.75 Å². The van der Waals surface area contributed by atoms with Crippen LogP contribution in [0.25, 0.3) is 0 Å². The van der Waals surface area contributed by atoms with Gasteiger partial charge in [-0.15, -0.1) is 0 Å². The van der Waals surface area contributed by atoms with Crippen molar-refractivity contribution in [2.24, 2.45) is 10.7 Å². The number of nitrogens with one attached hydrogen (secondary N) is 1. The Kier molecular flexibility index (Phi) is 9.72. The van der Waals surface area contributed by atoms with Gasteiger partial charge in [-0.05, 0) is 42.6 Å². The molecule has 10 heteroatoms. The van der Waals surface area contributed by atoms with Crippen molar-refractivity contribution in [1.29, 1.82) is 0 Å². The van der Waals surface area contributed by atoms with Crippen molar-refractivity contribution >= 4 is 23.7 Å². The summed E-state index contributed by atoms with van der Waals surface area (Å²) in [7, 11) is 0. The molecule has 0 heterocycles. The smallest absolute Gasteiger partial charge is 0.434 e. The van der Waals surface area contributed by atoms with Crippen LogP contribution >= 0.6 is 0 Å². The summed E-state index contributed by atoms with van der Waals surface area (Å²) >= 11 is 0. The maximum atomic E-state index is 12.7. The molecular formula is C23H25N3O7. The van der Waals surface area contributed by atoms with Crippen molar-refractivity contribution in [3.8, 4) is 5.75 Å². The van der Waals surface area contributed by atoms with Crippen molar-refractivity contribution < 1.29 is 29.3 Å². The molecule has 5 N–H and O–H groups in total. The predicted molar refractivity (Wildman–Crippen MR) is 120 cm³/mol. The quantitative estimate of drug-likeness (QED) is 0.390. The number of rotatable bonds is 10. The van der Waals surface area contributed by atoms with Crippen molar-refractivity contribution in [2.75, 3.05) is 6.54 Å². The molecule has 174 valence electrons. The maximum absolute atomic E-state index is 12.7. The van der Waals surface area contributed by atoms with Crippen LogP contribution in [-0.4, -0.2) is 46.5 Å². The van der Waals surface area contributed by atoms with Crippen LogP contribution in [0.4, 0.5) is 4.79 Å². The van der Waals surface area contributed by atoms with Gasteiger partial charge in [0, 0.05) is 6.42 Å². The molecule has 0 aliphatic carbocycles. The third kappa shape index (κ3) is 8.54. The lowest BCUT2D eigenvalue weighted by atomic mass is 10.1. The lowest BCUT2D eigenvalue weighted by Crippen LogP contribution is -2.45. The molecule has 0 unspecified atom stereocenters. The molecule has 0 bridgehead atoms. The minimum absolute atomic E-state index is 0.0354. The van der Waals surface area contributed by atoms with Gasteiger partial charge in [0.05, 0.1) is 0 Å². The van der Waals surface area contributed by atoms with Crippen molar-refractivity contribution in [3.63, 3.8) is 0 Å². The number of nitrogens with zero attached hydrogens (tertiary/aromatic N) is 1. The number of benzene rings is 1. The highest BCUT2D eigenvalue weighted by Crippen LogP contribution is 2.07. The van der Waals surface area contributed by atoms with Crippen LogP contribution in [0.3, 0.4) is 0 Å². The van der Waals surface area contributed by atoms with E-state index in [1.54, 1.807) is 24.3 Å². The Hall–Kier alpha value is -4.05. The Balaban J connectivity index is 2.12. The fourth-order valence-electron chi connectivity index (χ4n) is 2.76. The van der Waals surface area contributed by atoms with E-state index in [9.17, 15) is 29.4 Å². The standard InChI is InChI=1S/C23H25N3O7/c24-12-4-7-17(26-23(32)33-14-16-5-2-1-3-6-16)21(29)25-18(22(30)31)13-15-8-10-19(27)20(28)11-9-15/h1-3,5-6,8-11,18H,4,7,12-14,24H2,(H,25,29)(H,27,28)(H,30,31)/t18-/m0/s1. The van der Waals surface area contributed by atoms with Gasteiger partial charge in [-0.25, -0.2) is 9.59 Å². The van der Waals surface area contributed by atoms with E-state index in [2.05, 4.69) is 10.3 Å². The Labute approximate surface area is 189 Å². The van der Waals surface area contributed by atoms with E-state index < -0.39 is 35.2 Å². The van der Waals surface area contributed by atoms with Crippen LogP contribution in [-0.2, 0) is 27.4 Å². The first kappa shape index (κ1) is 25.2. The van der Waals surface area contributed by atoms with E-state index >= 15 is 0 Å². The van der Waals surface area contributed by atoms with E-state index in [1.165, 1.54) is 12.1 Å². The molecule has 0 aliphatic heterocycles. The second-order valence-corrected chi connectivity index (χ2v) is 7.05. The Morgan fingerprint density at radius 3 is 2.39 bits per heavy atom. The molecule has 2 rings (SSSR count). The van der Waals surface area contributed by atoms with Crippen molar-refractivity contribution in [3.05, 3.63) is 75.9 Å². The zero-order valence-corrected chi connectivity index (χ0v) is 17.8. The third-order valence-electron chi connectivity index (χ3n) is 4.51. The van der Waals surface area contributed by atoms with Gasteiger partial charge in [0.1, 0.15) is 18.4 Å². The summed E-state index contributed by atoms with van der Waals surface area (Å²) in [6, 6.07) is 12.5. The Morgan fingerprint density at radius 2 is 1.73 bits per heavy atom. The van der Waals surface area contributed by atoms with Gasteiger partial charge in [-0.2, -0.15) is 4.99 Å². The number of ether oxygens (including phenoxy) is 1. The molecule has 10 nitrogen and oxygen atoms in total. The van der Waals surface area contributed by atoms with Gasteiger partial charge in [0.2, 0.25) is 5.43 Å². The number of carboxylic acids is 1. The highest BCUT2D eigenvalue weighted by Gasteiger charge is 2.23. The fraction of sp³-hybridized carbons (Fsp3) is 0.261. The van der Waals surface area contributed by atoms with Crippen molar-refractivity contribution in [1.82, 2.24) is 5.32 Å². The first-order valence-corrected chi connectivity index (χ1v) is 10.1. The number of carboxylic acid groups (broad SMARTS) is 1. The normalized spacial score (nSPS) is 12.0. The third-order valence-corrected chi connectivity index (χ3v) is 4.51. The number of nitrogens with two attached hydrogens (primary N) is 1. The first-order chi connectivity index (χ1) is 15.8. The second-order valence-electron chi connectivity index (χ2n) is 7.05. The molecule has 0 aliphatic rings. The zero-order valence-electron chi connectivity index (χ0n) is 17.8. The zero-order chi connectivity index (χ0) is 24.2. The molecule has 0 spiro atoms. The summed E-state index contributed by atoms with van der Waals surface area (Å²) < 4.78 is 5.06. The highest BCUT2D eigenvalue weighted by atomic mass is 16.5. The summed E-state index contributed by atoms with van der Waals surface area (Å²) in [6.07, 6.45) is -0.766. The molecule has 1 atom stereocenters. The monoisotopic (exact) mass is 455 g/mol. The lowest BCUT2D eigenvalue weighted by Gasteiger charge is -2.15. The number of hydrogen-bond acceptors (Lipinski definition) is 7. The largest absolute Gasteiger partial charge is 0.504 e. The average molecular weight is 455 g/mol.